The van der Waals surface area contributed by atoms with Crippen molar-refractivity contribution < 1.29 is 9.13 Å². The molecule has 20 heavy (non-hydrogen) atoms. The molecule has 1 unspecified atom stereocenters. The van der Waals surface area contributed by atoms with Crippen molar-refractivity contribution in [3.63, 3.8) is 0 Å². The van der Waals surface area contributed by atoms with Crippen molar-refractivity contribution in [1.82, 2.24) is 0 Å². The Morgan fingerprint density at radius 1 is 1.15 bits per heavy atom. The van der Waals surface area contributed by atoms with E-state index in [1.54, 1.807) is 19.2 Å². The Labute approximate surface area is 126 Å². The van der Waals surface area contributed by atoms with Crippen molar-refractivity contribution in [3.05, 3.63) is 65.5 Å². The van der Waals surface area contributed by atoms with Gasteiger partial charge in [-0.05, 0) is 36.6 Å². The summed E-state index contributed by atoms with van der Waals surface area (Å²) in [5, 5.41) is 0. The average molecular weight is 335 g/mol. The fourth-order valence-corrected chi connectivity index (χ4v) is 3.87. The molecule has 1 nitrogen and oxygen atoms in total. The van der Waals surface area contributed by atoms with Crippen LogP contribution >= 0.6 is 15.9 Å². The minimum atomic E-state index is -0.228. The third kappa shape index (κ3) is 2.24. The standard InChI is InChI=1S/C17H16BrFO/c1-20-15-8-7-13(19)11-14(15)16(18)17(9-10-17)12-5-3-2-4-6-12/h2-8,11,16H,9-10H2,1H3. The van der Waals surface area contributed by atoms with E-state index in [9.17, 15) is 4.39 Å². The monoisotopic (exact) mass is 334 g/mol. The van der Waals surface area contributed by atoms with Gasteiger partial charge in [-0.15, -0.1) is 0 Å². The molecule has 0 radical (unpaired) electrons. The van der Waals surface area contributed by atoms with Crippen molar-refractivity contribution in [2.45, 2.75) is 23.1 Å². The second-order valence-corrected chi connectivity index (χ2v) is 6.19. The second kappa shape index (κ2) is 5.21. The summed E-state index contributed by atoms with van der Waals surface area (Å²) in [6, 6.07) is 15.1. The predicted molar refractivity (Wildman–Crippen MR) is 82.0 cm³/mol. The Morgan fingerprint density at radius 2 is 1.85 bits per heavy atom. The normalized spacial score (nSPS) is 17.6. The molecular formula is C17H16BrFO. The number of hydrogen-bond acceptors (Lipinski definition) is 1. The number of ether oxygens (including phenoxy) is 1. The van der Waals surface area contributed by atoms with Crippen molar-refractivity contribution in [2.75, 3.05) is 7.11 Å². The highest BCUT2D eigenvalue weighted by Gasteiger charge is 2.50. The van der Waals surface area contributed by atoms with E-state index in [1.165, 1.54) is 11.6 Å². The van der Waals surface area contributed by atoms with E-state index in [0.717, 1.165) is 24.2 Å². The molecule has 2 aromatic carbocycles. The Bertz CT molecular complexity index is 608. The fourth-order valence-electron chi connectivity index (χ4n) is 2.79. The molecule has 1 aliphatic rings. The van der Waals surface area contributed by atoms with E-state index < -0.39 is 0 Å². The lowest BCUT2D eigenvalue weighted by Gasteiger charge is -2.24. The summed E-state index contributed by atoms with van der Waals surface area (Å²) in [6.07, 6.45) is 2.21. The van der Waals surface area contributed by atoms with Crippen LogP contribution in [0.25, 0.3) is 0 Å². The van der Waals surface area contributed by atoms with E-state index in [2.05, 4.69) is 40.2 Å². The van der Waals surface area contributed by atoms with Gasteiger partial charge in [0.15, 0.2) is 0 Å². The predicted octanol–water partition coefficient (Wildman–Crippen LogP) is 5.00. The van der Waals surface area contributed by atoms with E-state index in [4.69, 9.17) is 4.74 Å². The van der Waals surface area contributed by atoms with Gasteiger partial charge in [0.1, 0.15) is 11.6 Å². The Morgan fingerprint density at radius 3 is 2.45 bits per heavy atom. The SMILES string of the molecule is COc1ccc(F)cc1C(Br)C1(c2ccccc2)CC1. The lowest BCUT2D eigenvalue weighted by atomic mass is 9.88. The minimum Gasteiger partial charge on any atom is -0.496 e. The number of benzene rings is 2. The first-order valence-corrected chi connectivity index (χ1v) is 7.62. The zero-order chi connectivity index (χ0) is 14.2. The van der Waals surface area contributed by atoms with Crippen molar-refractivity contribution >= 4 is 15.9 Å². The first kappa shape index (κ1) is 13.6. The molecule has 0 heterocycles. The maximum Gasteiger partial charge on any atom is 0.123 e. The maximum absolute atomic E-state index is 13.6. The summed E-state index contributed by atoms with van der Waals surface area (Å²) >= 11 is 3.79. The summed E-state index contributed by atoms with van der Waals surface area (Å²) in [5.41, 5.74) is 2.24. The summed E-state index contributed by atoms with van der Waals surface area (Å²) in [5.74, 6) is 0.504. The molecule has 2 aromatic rings. The van der Waals surface area contributed by atoms with E-state index in [-0.39, 0.29) is 16.1 Å². The molecule has 0 spiro atoms. The molecule has 1 aliphatic carbocycles. The van der Waals surface area contributed by atoms with Crippen LogP contribution in [0.5, 0.6) is 5.75 Å². The fraction of sp³-hybridized carbons (Fsp3) is 0.294. The number of alkyl halides is 1. The van der Waals surface area contributed by atoms with Crippen LogP contribution in [-0.2, 0) is 5.41 Å². The van der Waals surface area contributed by atoms with Gasteiger partial charge >= 0.3 is 0 Å². The zero-order valence-electron chi connectivity index (χ0n) is 11.3. The van der Waals surface area contributed by atoms with Crippen LogP contribution in [-0.4, -0.2) is 7.11 Å². The van der Waals surface area contributed by atoms with E-state index >= 15 is 0 Å². The zero-order valence-corrected chi connectivity index (χ0v) is 12.9. The molecule has 0 aromatic heterocycles. The molecule has 3 rings (SSSR count). The molecule has 1 saturated carbocycles. The lowest BCUT2D eigenvalue weighted by molar-refractivity contribution is 0.405. The molecule has 1 fully saturated rings. The highest BCUT2D eigenvalue weighted by atomic mass is 79.9. The highest BCUT2D eigenvalue weighted by molar-refractivity contribution is 9.09. The van der Waals surface area contributed by atoms with Crippen LogP contribution in [0.1, 0.15) is 28.8 Å². The van der Waals surface area contributed by atoms with E-state index in [1.807, 2.05) is 6.07 Å². The van der Waals surface area contributed by atoms with Gasteiger partial charge in [-0.25, -0.2) is 4.39 Å². The summed E-state index contributed by atoms with van der Waals surface area (Å²) < 4.78 is 19.0. The third-order valence-electron chi connectivity index (χ3n) is 4.09. The summed E-state index contributed by atoms with van der Waals surface area (Å²) in [6.45, 7) is 0. The molecular weight excluding hydrogens is 319 g/mol. The quantitative estimate of drug-likeness (QED) is 0.714. The average Bonchev–Trinajstić information content (AvgIpc) is 3.29. The third-order valence-corrected chi connectivity index (χ3v) is 5.46. The van der Waals surface area contributed by atoms with E-state index in [0.29, 0.717) is 0 Å². The van der Waals surface area contributed by atoms with Gasteiger partial charge in [-0.2, -0.15) is 0 Å². The first-order chi connectivity index (χ1) is 9.67. The molecule has 0 saturated heterocycles. The Kier molecular flexibility index (Phi) is 3.55. The molecule has 0 N–H and O–H groups in total. The molecule has 0 aliphatic heterocycles. The van der Waals surface area contributed by atoms with Gasteiger partial charge < -0.3 is 4.74 Å². The van der Waals surface area contributed by atoms with Gasteiger partial charge in [0.25, 0.3) is 0 Å². The first-order valence-electron chi connectivity index (χ1n) is 6.70. The second-order valence-electron chi connectivity index (χ2n) is 5.27. The highest BCUT2D eigenvalue weighted by Crippen LogP contribution is 2.61. The van der Waals surface area contributed by atoms with Crippen LogP contribution in [0.15, 0.2) is 48.5 Å². The molecule has 0 bridgehead atoms. The Hall–Kier alpha value is -1.35. The van der Waals surface area contributed by atoms with Gasteiger partial charge in [-0.1, -0.05) is 46.3 Å². The number of methoxy groups -OCH3 is 1. The van der Waals surface area contributed by atoms with Gasteiger partial charge in [-0.3, -0.25) is 0 Å². The topological polar surface area (TPSA) is 9.23 Å². The molecule has 3 heteroatoms. The van der Waals surface area contributed by atoms with Gasteiger partial charge in [0.2, 0.25) is 0 Å². The lowest BCUT2D eigenvalue weighted by Crippen LogP contribution is -2.14. The minimum absolute atomic E-state index is 0.0579. The van der Waals surface area contributed by atoms with Crippen LogP contribution in [0.4, 0.5) is 4.39 Å². The summed E-state index contributed by atoms with van der Waals surface area (Å²) in [7, 11) is 1.62. The molecule has 0 amide bonds. The van der Waals surface area contributed by atoms with Crippen LogP contribution in [0.3, 0.4) is 0 Å². The Balaban J connectivity index is 2.01. The van der Waals surface area contributed by atoms with Gasteiger partial charge in [0.05, 0.1) is 11.9 Å². The number of hydrogen-bond donors (Lipinski definition) is 0. The van der Waals surface area contributed by atoms with Crippen LogP contribution in [0.2, 0.25) is 0 Å². The molecule has 1 atom stereocenters. The molecule has 104 valence electrons. The summed E-state index contributed by atoms with van der Waals surface area (Å²) in [4.78, 5) is 0.0584. The van der Waals surface area contributed by atoms with Crippen molar-refractivity contribution in [1.29, 1.82) is 0 Å². The van der Waals surface area contributed by atoms with Crippen LogP contribution in [0, 0.1) is 5.82 Å². The largest absolute Gasteiger partial charge is 0.496 e. The van der Waals surface area contributed by atoms with Crippen molar-refractivity contribution in [3.8, 4) is 5.75 Å². The van der Waals surface area contributed by atoms with Crippen molar-refractivity contribution in [2.24, 2.45) is 0 Å². The number of rotatable bonds is 4. The maximum atomic E-state index is 13.6. The van der Waals surface area contributed by atoms with Gasteiger partial charge in [0, 0.05) is 11.0 Å². The number of halogens is 2. The van der Waals surface area contributed by atoms with Crippen LogP contribution < -0.4 is 4.74 Å². The smallest absolute Gasteiger partial charge is 0.123 e.